The Morgan fingerprint density at radius 1 is 1.17 bits per heavy atom. The molecule has 0 aliphatic heterocycles. The number of terminal acetylenes is 1. The van der Waals surface area contributed by atoms with Crippen LogP contribution in [-0.4, -0.2) is 10.9 Å². The molecule has 0 spiro atoms. The van der Waals surface area contributed by atoms with Gasteiger partial charge in [-0.2, -0.15) is 0 Å². The fourth-order valence-corrected chi connectivity index (χ4v) is 2.16. The van der Waals surface area contributed by atoms with Crippen molar-refractivity contribution < 1.29 is 9.21 Å². The van der Waals surface area contributed by atoms with Crippen LogP contribution in [0.1, 0.15) is 11.3 Å². The van der Waals surface area contributed by atoms with Gasteiger partial charge in [-0.25, -0.2) is 4.98 Å². The van der Waals surface area contributed by atoms with Gasteiger partial charge < -0.3 is 9.73 Å². The quantitative estimate of drug-likeness (QED) is 0.750. The maximum atomic E-state index is 12.1. The van der Waals surface area contributed by atoms with Crippen molar-refractivity contribution >= 4 is 11.6 Å². The van der Waals surface area contributed by atoms with E-state index >= 15 is 0 Å². The van der Waals surface area contributed by atoms with Crippen molar-refractivity contribution in [2.75, 3.05) is 5.32 Å². The minimum absolute atomic E-state index is 0.136. The Bertz CT molecular complexity index is 860. The van der Waals surface area contributed by atoms with E-state index in [1.54, 1.807) is 24.3 Å². The normalized spacial score (nSPS) is 10.0. The van der Waals surface area contributed by atoms with Gasteiger partial charge in [0.05, 0.1) is 12.1 Å². The highest BCUT2D eigenvalue weighted by Crippen LogP contribution is 2.18. The molecule has 4 heteroatoms. The largest absolute Gasteiger partial charge is 0.444 e. The molecule has 1 heterocycles. The third-order valence-corrected chi connectivity index (χ3v) is 3.23. The lowest BCUT2D eigenvalue weighted by atomic mass is 10.2. The number of carbonyl (C=O) groups is 1. The molecule has 23 heavy (non-hydrogen) atoms. The van der Waals surface area contributed by atoms with Crippen LogP contribution in [0, 0.1) is 12.3 Å². The van der Waals surface area contributed by atoms with Crippen LogP contribution >= 0.6 is 0 Å². The number of hydrogen-bond acceptors (Lipinski definition) is 3. The van der Waals surface area contributed by atoms with Gasteiger partial charge in [0.1, 0.15) is 6.26 Å². The van der Waals surface area contributed by atoms with E-state index < -0.39 is 0 Å². The van der Waals surface area contributed by atoms with Crippen LogP contribution in [0.2, 0.25) is 0 Å². The van der Waals surface area contributed by atoms with E-state index in [4.69, 9.17) is 10.8 Å². The maximum Gasteiger partial charge on any atom is 0.230 e. The summed E-state index contributed by atoms with van der Waals surface area (Å²) in [4.78, 5) is 16.4. The van der Waals surface area contributed by atoms with Gasteiger partial charge in [0.15, 0.2) is 0 Å². The number of benzene rings is 2. The van der Waals surface area contributed by atoms with E-state index in [1.165, 1.54) is 6.26 Å². The molecule has 0 atom stereocenters. The number of rotatable bonds is 4. The van der Waals surface area contributed by atoms with Crippen molar-refractivity contribution in [3.8, 4) is 23.8 Å². The van der Waals surface area contributed by atoms with Gasteiger partial charge in [0, 0.05) is 16.8 Å². The average molecular weight is 302 g/mol. The SMILES string of the molecule is C#Cc1cccc(NC(=O)Cc2coc(-c3ccccc3)n2)c1. The van der Waals surface area contributed by atoms with Crippen LogP contribution in [0.3, 0.4) is 0 Å². The molecule has 0 fully saturated rings. The second kappa shape index (κ2) is 6.63. The standard InChI is InChI=1S/C19H14N2O2/c1-2-14-7-6-10-16(11-14)20-18(22)12-17-13-23-19(21-17)15-8-4-3-5-9-15/h1,3-11,13H,12H2,(H,20,22). The van der Waals surface area contributed by atoms with Crippen molar-refractivity contribution in [1.29, 1.82) is 0 Å². The summed E-state index contributed by atoms with van der Waals surface area (Å²) < 4.78 is 5.42. The summed E-state index contributed by atoms with van der Waals surface area (Å²) in [7, 11) is 0. The lowest BCUT2D eigenvalue weighted by Crippen LogP contribution is -2.14. The van der Waals surface area contributed by atoms with Crippen molar-refractivity contribution in [2.45, 2.75) is 6.42 Å². The third kappa shape index (κ3) is 3.66. The summed E-state index contributed by atoms with van der Waals surface area (Å²) in [6.07, 6.45) is 6.98. The minimum Gasteiger partial charge on any atom is -0.444 e. The molecule has 0 aliphatic rings. The van der Waals surface area contributed by atoms with E-state index in [2.05, 4.69) is 16.2 Å². The fourth-order valence-electron chi connectivity index (χ4n) is 2.16. The Kier molecular flexibility index (Phi) is 4.21. The lowest BCUT2D eigenvalue weighted by molar-refractivity contribution is -0.115. The zero-order valence-electron chi connectivity index (χ0n) is 12.3. The predicted molar refractivity (Wildman–Crippen MR) is 88.6 cm³/mol. The van der Waals surface area contributed by atoms with Gasteiger partial charge >= 0.3 is 0 Å². The highest BCUT2D eigenvalue weighted by molar-refractivity contribution is 5.92. The van der Waals surface area contributed by atoms with E-state index in [0.717, 1.165) is 11.1 Å². The summed E-state index contributed by atoms with van der Waals surface area (Å²) in [5.41, 5.74) is 2.84. The zero-order chi connectivity index (χ0) is 16.1. The van der Waals surface area contributed by atoms with Crippen molar-refractivity contribution in [3.05, 3.63) is 72.1 Å². The van der Waals surface area contributed by atoms with Gasteiger partial charge in [0.25, 0.3) is 0 Å². The second-order valence-electron chi connectivity index (χ2n) is 4.96. The van der Waals surface area contributed by atoms with Crippen LogP contribution in [0.15, 0.2) is 65.3 Å². The third-order valence-electron chi connectivity index (χ3n) is 3.23. The van der Waals surface area contributed by atoms with Gasteiger partial charge in [-0.1, -0.05) is 30.2 Å². The number of anilines is 1. The Morgan fingerprint density at radius 3 is 2.78 bits per heavy atom. The topological polar surface area (TPSA) is 55.1 Å². The first-order valence-electron chi connectivity index (χ1n) is 7.11. The highest BCUT2D eigenvalue weighted by Gasteiger charge is 2.10. The summed E-state index contributed by atoms with van der Waals surface area (Å²) in [5, 5.41) is 2.80. The van der Waals surface area contributed by atoms with E-state index in [0.29, 0.717) is 17.3 Å². The van der Waals surface area contributed by atoms with Crippen LogP contribution in [0.5, 0.6) is 0 Å². The second-order valence-corrected chi connectivity index (χ2v) is 4.96. The number of hydrogen-bond donors (Lipinski definition) is 1. The van der Waals surface area contributed by atoms with Crippen LogP contribution in [0.4, 0.5) is 5.69 Å². The van der Waals surface area contributed by atoms with Gasteiger partial charge in [-0.3, -0.25) is 4.79 Å². The number of carbonyl (C=O) groups excluding carboxylic acids is 1. The van der Waals surface area contributed by atoms with E-state index in [1.807, 2.05) is 30.3 Å². The number of nitrogens with one attached hydrogen (secondary N) is 1. The summed E-state index contributed by atoms with van der Waals surface area (Å²) in [6, 6.07) is 16.7. The number of amides is 1. The number of oxazole rings is 1. The summed E-state index contributed by atoms with van der Waals surface area (Å²) in [5.74, 6) is 2.86. The van der Waals surface area contributed by atoms with Gasteiger partial charge in [-0.05, 0) is 30.3 Å². The molecular weight excluding hydrogens is 288 g/mol. The van der Waals surface area contributed by atoms with Crippen molar-refractivity contribution in [2.24, 2.45) is 0 Å². The maximum absolute atomic E-state index is 12.1. The van der Waals surface area contributed by atoms with Gasteiger partial charge in [0.2, 0.25) is 11.8 Å². The Hall–Kier alpha value is -3.32. The molecule has 0 saturated heterocycles. The van der Waals surface area contributed by atoms with E-state index in [-0.39, 0.29) is 12.3 Å². The highest BCUT2D eigenvalue weighted by atomic mass is 16.3. The molecule has 0 saturated carbocycles. The molecule has 0 unspecified atom stereocenters. The first kappa shape index (κ1) is 14.6. The molecule has 0 radical (unpaired) electrons. The van der Waals surface area contributed by atoms with Crippen molar-refractivity contribution in [1.82, 2.24) is 4.98 Å². The fraction of sp³-hybridized carbons (Fsp3) is 0.0526. The van der Waals surface area contributed by atoms with E-state index in [9.17, 15) is 4.79 Å². The minimum atomic E-state index is -0.174. The Morgan fingerprint density at radius 2 is 2.00 bits per heavy atom. The van der Waals surface area contributed by atoms with Crippen molar-refractivity contribution in [3.63, 3.8) is 0 Å². The molecule has 3 rings (SSSR count). The smallest absolute Gasteiger partial charge is 0.230 e. The Balaban J connectivity index is 1.67. The molecule has 2 aromatic carbocycles. The number of aromatic nitrogens is 1. The first-order valence-corrected chi connectivity index (χ1v) is 7.11. The monoisotopic (exact) mass is 302 g/mol. The molecule has 112 valence electrons. The molecule has 1 N–H and O–H groups in total. The van der Waals surface area contributed by atoms with Crippen LogP contribution < -0.4 is 5.32 Å². The first-order chi connectivity index (χ1) is 11.2. The molecular formula is C19H14N2O2. The summed E-state index contributed by atoms with van der Waals surface area (Å²) in [6.45, 7) is 0. The molecule has 4 nitrogen and oxygen atoms in total. The average Bonchev–Trinajstić information content (AvgIpc) is 3.04. The molecule has 1 aromatic heterocycles. The molecule has 3 aromatic rings. The molecule has 0 bridgehead atoms. The zero-order valence-corrected chi connectivity index (χ0v) is 12.3. The summed E-state index contributed by atoms with van der Waals surface area (Å²) >= 11 is 0. The Labute approximate surface area is 134 Å². The van der Waals surface area contributed by atoms with Crippen LogP contribution in [0.25, 0.3) is 11.5 Å². The molecule has 0 aliphatic carbocycles. The van der Waals surface area contributed by atoms with Crippen LogP contribution in [-0.2, 0) is 11.2 Å². The lowest BCUT2D eigenvalue weighted by Gasteiger charge is -2.04. The molecule has 1 amide bonds. The van der Waals surface area contributed by atoms with Gasteiger partial charge in [-0.15, -0.1) is 6.42 Å². The predicted octanol–water partition coefficient (Wildman–Crippen LogP) is 3.50. The number of nitrogens with zero attached hydrogens (tertiary/aromatic N) is 1.